The van der Waals surface area contributed by atoms with Crippen LogP contribution in [0.2, 0.25) is 0 Å². The van der Waals surface area contributed by atoms with Gasteiger partial charge in [0.2, 0.25) is 3.82 Å². The molecule has 2 aromatic carbocycles. The zero-order valence-corrected chi connectivity index (χ0v) is 40.6. The fourth-order valence-corrected chi connectivity index (χ4v) is 8.89. The molecule has 0 amide bonds. The second kappa shape index (κ2) is 20.7. The topological polar surface area (TPSA) is 249 Å². The Morgan fingerprint density at radius 2 is 1.38 bits per heavy atom. The number of ether oxygens (including phenoxy) is 1. The normalized spacial score (nSPS) is 21.4. The van der Waals surface area contributed by atoms with E-state index in [0.717, 1.165) is 26.8 Å². The van der Waals surface area contributed by atoms with Crippen LogP contribution in [0.1, 0.15) is 40.0 Å². The number of rotatable bonds is 11. The molecule has 0 bridgehead atoms. The van der Waals surface area contributed by atoms with E-state index in [-0.39, 0.29) is 123 Å². The summed E-state index contributed by atoms with van der Waals surface area (Å²) >= 11 is 15.6. The van der Waals surface area contributed by atoms with Crippen LogP contribution in [-0.2, 0) is 27.3 Å². The Labute approximate surface area is 390 Å². The third-order valence-electron chi connectivity index (χ3n) is 7.00. The van der Waals surface area contributed by atoms with Crippen LogP contribution in [0.15, 0.2) is 59.5 Å². The first-order valence-corrected chi connectivity index (χ1v) is 18.7. The second-order valence-corrected chi connectivity index (χ2v) is 18.7. The number of aromatic amines is 1. The van der Waals surface area contributed by atoms with Crippen LogP contribution < -0.4 is 143 Å². The molecule has 1 aliphatic heterocycles. The van der Waals surface area contributed by atoms with Crippen LogP contribution in [0.3, 0.4) is 0 Å². The van der Waals surface area contributed by atoms with E-state index in [1.165, 1.54) is 6.20 Å². The zero-order chi connectivity index (χ0) is 34.4. The summed E-state index contributed by atoms with van der Waals surface area (Å²) in [5, 5.41) is 21.3. The summed E-state index contributed by atoms with van der Waals surface area (Å²) in [6.07, 6.45) is -5.79. The number of phosphoric acid groups is 1. The molecule has 1 fully saturated rings. The molecule has 0 aliphatic carbocycles. The Hall–Kier alpha value is 2.45. The maximum Gasteiger partial charge on any atom is 1.00 e. The van der Waals surface area contributed by atoms with Crippen LogP contribution in [0, 0.1) is 18.5 Å². The molecule has 6 atom stereocenters. The molecule has 3 aromatic rings. The molecule has 2 heterocycles. The minimum atomic E-state index is -6.39. The van der Waals surface area contributed by atoms with Crippen molar-refractivity contribution in [3.05, 3.63) is 97.7 Å². The van der Waals surface area contributed by atoms with Crippen LogP contribution in [0.25, 0.3) is 0 Å². The minimum Gasteiger partial charge on any atom is -0.808 e. The average molecular weight is 849 g/mol. The minimum absolute atomic E-state index is 0. The number of H-pyrrole nitrogens is 1. The zero-order valence-electron chi connectivity index (χ0n) is 27.6. The van der Waals surface area contributed by atoms with Crippen molar-refractivity contribution in [2.45, 2.75) is 48.1 Å². The smallest absolute Gasteiger partial charge is 0.808 e. The van der Waals surface area contributed by atoms with Gasteiger partial charge >= 0.3 is 124 Å². The van der Waals surface area contributed by atoms with Crippen LogP contribution in [0.4, 0.5) is 0 Å². The van der Waals surface area contributed by atoms with E-state index < -0.39 is 69.6 Å². The predicted octanol–water partition coefficient (Wildman–Crippen LogP) is -10.6. The maximum absolute atomic E-state index is 13.0. The quantitative estimate of drug-likeness (QED) is 0.0702. The summed E-state index contributed by atoms with van der Waals surface area (Å²) in [6, 6.07) is 15.1. The number of hydrogen-bond acceptors (Lipinski definition) is 14. The number of aryl methyl sites for hydroxylation is 2. The second-order valence-electron chi connectivity index (χ2n) is 10.4. The Morgan fingerprint density at radius 3 is 1.82 bits per heavy atom. The van der Waals surface area contributed by atoms with Gasteiger partial charge in [0, 0.05) is 17.7 Å². The van der Waals surface area contributed by atoms with Crippen molar-refractivity contribution < 1.29 is 175 Å². The molecular formula is C25H25Cl2N2Na4O13P3S. The first-order chi connectivity index (χ1) is 21.1. The summed E-state index contributed by atoms with van der Waals surface area (Å²) in [7, 11) is -18.8. The molecule has 1 saturated heterocycles. The van der Waals surface area contributed by atoms with Crippen molar-refractivity contribution in [2.75, 3.05) is 6.61 Å². The van der Waals surface area contributed by atoms with E-state index in [4.69, 9.17) is 40.2 Å². The van der Waals surface area contributed by atoms with Gasteiger partial charge in [-0.15, -0.1) is 0 Å². The fourth-order valence-electron chi connectivity index (χ4n) is 4.58. The van der Waals surface area contributed by atoms with E-state index in [2.05, 4.69) is 13.8 Å². The number of benzene rings is 2. The van der Waals surface area contributed by atoms with Crippen molar-refractivity contribution in [2.24, 2.45) is 0 Å². The number of aliphatic hydroxyl groups is 2. The number of phosphoric ester groups is 1. The standard InChI is InChI=1S/C25H29Cl2N2O13P3S.4Na/c1-13-3-7-15(8-4-13)19(16-9-5-14(2)6-10-16)17-11-29(24(32)28-22(17)46)23-21(31)20(30)18(41-23)12-40-45(38,39)42-44(36,37)25(26,27)43(33,34)35;;;;/h3-11,18-21,23,30-31H,12H2,1-2H3,(H,36,37)(H,38,39)(H,28,32,46)(H2,33,34,35);;;;/q;4*+1/p-4/t18-,20-,21-,23-;;;;/m1..../s1. The van der Waals surface area contributed by atoms with Gasteiger partial charge in [-0.2, -0.15) is 0 Å². The SMILES string of the molecule is Cc1ccc(C(c2ccc(C)cc2)c2cn([C@@H]3O[C@H](COP(=O)([O-])OP(=O)([O-])C(Cl)(Cl)P(=O)([O-])[O-])[C@@H](O)[C@H]3O)c(=O)[nH]c2=S)cc1.[Na+].[Na+].[Na+].[Na+]. The third kappa shape index (κ3) is 12.2. The molecule has 0 radical (unpaired) electrons. The van der Waals surface area contributed by atoms with Crippen LogP contribution >= 0.6 is 58.4 Å². The summed E-state index contributed by atoms with van der Waals surface area (Å²) in [6.45, 7) is 2.62. The first-order valence-electron chi connectivity index (χ1n) is 13.0. The summed E-state index contributed by atoms with van der Waals surface area (Å²) < 4.78 is 45.7. The van der Waals surface area contributed by atoms with Gasteiger partial charge in [-0.3, -0.25) is 18.4 Å². The molecule has 15 nitrogen and oxygen atoms in total. The molecule has 0 spiro atoms. The molecular weight excluding hydrogens is 824 g/mol. The van der Waals surface area contributed by atoms with Gasteiger partial charge in [-0.25, -0.2) is 4.79 Å². The number of aromatic nitrogens is 2. The van der Waals surface area contributed by atoms with Gasteiger partial charge in [0.1, 0.15) is 23.0 Å². The summed E-state index contributed by atoms with van der Waals surface area (Å²) in [5.41, 5.74) is 3.17. The van der Waals surface area contributed by atoms with E-state index >= 15 is 0 Å². The number of hydrogen-bond donors (Lipinski definition) is 3. The van der Waals surface area contributed by atoms with Gasteiger partial charge in [-0.05, 0) is 32.6 Å². The Morgan fingerprint density at radius 1 is 0.920 bits per heavy atom. The summed E-state index contributed by atoms with van der Waals surface area (Å²) in [4.78, 5) is 61.9. The fraction of sp³-hybridized carbons (Fsp3) is 0.360. The van der Waals surface area contributed by atoms with Crippen molar-refractivity contribution in [1.82, 2.24) is 9.55 Å². The van der Waals surface area contributed by atoms with E-state index in [0.29, 0.717) is 5.56 Å². The predicted molar refractivity (Wildman–Crippen MR) is 159 cm³/mol. The number of nitrogens with zero attached hydrogens (tertiary/aromatic N) is 1. The van der Waals surface area contributed by atoms with Crippen molar-refractivity contribution in [3.8, 4) is 0 Å². The third-order valence-corrected chi connectivity index (χ3v) is 14.7. The molecule has 1 aliphatic rings. The largest absolute Gasteiger partial charge is 1.00 e. The van der Waals surface area contributed by atoms with E-state index in [9.17, 15) is 48.3 Å². The Bertz CT molecular complexity index is 1820. The van der Waals surface area contributed by atoms with Gasteiger partial charge in [0.25, 0.3) is 7.82 Å². The number of alkyl halides is 2. The summed E-state index contributed by atoms with van der Waals surface area (Å²) in [5.74, 6) is -0.514. The van der Waals surface area contributed by atoms with Gasteiger partial charge < -0.3 is 48.2 Å². The van der Waals surface area contributed by atoms with Crippen molar-refractivity contribution in [1.29, 1.82) is 0 Å². The number of aliphatic hydroxyl groups excluding tert-OH is 2. The Kier molecular flexibility index (Phi) is 21.8. The van der Waals surface area contributed by atoms with Crippen molar-refractivity contribution >= 4 is 58.4 Å². The van der Waals surface area contributed by atoms with Crippen LogP contribution in [-0.4, -0.2) is 48.5 Å². The molecule has 2 unspecified atom stereocenters. The number of nitrogens with one attached hydrogen (secondary N) is 1. The molecule has 3 N–H and O–H groups in total. The first kappa shape index (κ1) is 52.5. The maximum atomic E-state index is 13.0. The van der Waals surface area contributed by atoms with Gasteiger partial charge in [0.15, 0.2) is 13.8 Å². The van der Waals surface area contributed by atoms with Gasteiger partial charge in [0.05, 0.1) is 6.61 Å². The monoisotopic (exact) mass is 848 g/mol. The Balaban J connectivity index is 0.00000600. The van der Waals surface area contributed by atoms with E-state index in [1.807, 2.05) is 62.4 Å². The molecule has 252 valence electrons. The van der Waals surface area contributed by atoms with Gasteiger partial charge in [-0.1, -0.05) is 95.1 Å². The molecule has 25 heteroatoms. The molecule has 4 rings (SSSR count). The van der Waals surface area contributed by atoms with E-state index in [1.54, 1.807) is 0 Å². The number of halogens is 2. The molecule has 1 aromatic heterocycles. The van der Waals surface area contributed by atoms with Crippen molar-refractivity contribution in [3.63, 3.8) is 0 Å². The molecule has 0 saturated carbocycles. The molecule has 50 heavy (non-hydrogen) atoms. The van der Waals surface area contributed by atoms with Crippen LogP contribution in [0.5, 0.6) is 0 Å². The average Bonchev–Trinajstić information content (AvgIpc) is 3.22.